The molecule has 1 atom stereocenters. The van der Waals surface area contributed by atoms with E-state index in [0.29, 0.717) is 22.8 Å². The van der Waals surface area contributed by atoms with Crippen LogP contribution in [0.5, 0.6) is 0 Å². The van der Waals surface area contributed by atoms with E-state index in [1.54, 1.807) is 0 Å². The second-order valence-electron chi connectivity index (χ2n) is 8.31. The van der Waals surface area contributed by atoms with E-state index in [2.05, 4.69) is 30.9 Å². The average molecular weight is 405 g/mol. The molecule has 0 aliphatic heterocycles. The van der Waals surface area contributed by atoms with E-state index in [0.717, 1.165) is 24.1 Å². The standard InChI is InChI=1S/C21H22F3N3S/c1-20(2,3)15-11-7-10-14-17(15)27(26-18(14)21(22,23)24)19-25-16(12-28-19)13-8-5-4-6-9-13/h4-6,8-9,12,15H,7,10-11H2,1-3H3/t15-/m1/s1. The highest BCUT2D eigenvalue weighted by molar-refractivity contribution is 7.12. The van der Waals surface area contributed by atoms with Crippen molar-refractivity contribution >= 4 is 11.3 Å². The van der Waals surface area contributed by atoms with Gasteiger partial charge in [0.1, 0.15) is 0 Å². The zero-order valence-corrected chi connectivity index (χ0v) is 16.9. The highest BCUT2D eigenvalue weighted by atomic mass is 32.1. The maximum atomic E-state index is 13.7. The first kappa shape index (κ1) is 19.2. The first-order chi connectivity index (χ1) is 13.2. The summed E-state index contributed by atoms with van der Waals surface area (Å²) in [4.78, 5) is 4.62. The molecule has 0 unspecified atom stereocenters. The topological polar surface area (TPSA) is 30.7 Å². The van der Waals surface area contributed by atoms with Crippen LogP contribution in [0.3, 0.4) is 0 Å². The van der Waals surface area contributed by atoms with Crippen LogP contribution in [0.4, 0.5) is 13.2 Å². The Hall–Kier alpha value is -2.15. The molecule has 2 heterocycles. The van der Waals surface area contributed by atoms with E-state index in [9.17, 15) is 13.2 Å². The van der Waals surface area contributed by atoms with Gasteiger partial charge in [0, 0.05) is 22.4 Å². The van der Waals surface area contributed by atoms with Gasteiger partial charge >= 0.3 is 6.18 Å². The molecular weight excluding hydrogens is 383 g/mol. The first-order valence-electron chi connectivity index (χ1n) is 9.36. The lowest BCUT2D eigenvalue weighted by atomic mass is 9.71. The highest BCUT2D eigenvalue weighted by Crippen LogP contribution is 2.47. The zero-order chi connectivity index (χ0) is 20.1. The number of thiazole rings is 1. The number of rotatable bonds is 2. The van der Waals surface area contributed by atoms with Gasteiger partial charge in [0.15, 0.2) is 5.69 Å². The summed E-state index contributed by atoms with van der Waals surface area (Å²) < 4.78 is 42.6. The Bertz CT molecular complexity index is 981. The van der Waals surface area contributed by atoms with Gasteiger partial charge in [0.2, 0.25) is 5.13 Å². The molecule has 148 valence electrons. The summed E-state index contributed by atoms with van der Waals surface area (Å²) in [6.07, 6.45) is -2.45. The van der Waals surface area contributed by atoms with Gasteiger partial charge in [-0.15, -0.1) is 11.3 Å². The Balaban J connectivity index is 1.88. The molecule has 1 aliphatic carbocycles. The Morgan fingerprint density at radius 2 is 1.82 bits per heavy atom. The minimum atomic E-state index is -4.46. The lowest BCUT2D eigenvalue weighted by molar-refractivity contribution is -0.142. The van der Waals surface area contributed by atoms with Crippen LogP contribution in [0.15, 0.2) is 35.7 Å². The van der Waals surface area contributed by atoms with Crippen molar-refractivity contribution in [3.8, 4) is 16.4 Å². The average Bonchev–Trinajstić information content (AvgIpc) is 3.25. The highest BCUT2D eigenvalue weighted by Gasteiger charge is 2.44. The van der Waals surface area contributed by atoms with Crippen molar-refractivity contribution in [3.63, 3.8) is 0 Å². The Labute approximate surface area is 166 Å². The van der Waals surface area contributed by atoms with Crippen LogP contribution in [-0.2, 0) is 12.6 Å². The minimum absolute atomic E-state index is 0.00363. The Morgan fingerprint density at radius 1 is 1.11 bits per heavy atom. The van der Waals surface area contributed by atoms with Gasteiger partial charge in [-0.3, -0.25) is 0 Å². The number of nitrogens with zero attached hydrogens (tertiary/aromatic N) is 3. The quantitative estimate of drug-likeness (QED) is 0.488. The van der Waals surface area contributed by atoms with E-state index in [-0.39, 0.29) is 11.3 Å². The van der Waals surface area contributed by atoms with Gasteiger partial charge in [-0.25, -0.2) is 9.67 Å². The summed E-state index contributed by atoms with van der Waals surface area (Å²) in [5.74, 6) is 0.00363. The third-order valence-corrected chi connectivity index (χ3v) is 6.15. The largest absolute Gasteiger partial charge is 0.435 e. The maximum Gasteiger partial charge on any atom is 0.435 e. The molecule has 0 amide bonds. The van der Waals surface area contributed by atoms with Crippen molar-refractivity contribution in [3.05, 3.63) is 52.7 Å². The molecule has 0 saturated carbocycles. The van der Waals surface area contributed by atoms with Crippen LogP contribution < -0.4 is 0 Å². The van der Waals surface area contributed by atoms with Crippen molar-refractivity contribution in [1.82, 2.24) is 14.8 Å². The van der Waals surface area contributed by atoms with Crippen molar-refractivity contribution in [1.29, 1.82) is 0 Å². The third kappa shape index (κ3) is 3.36. The van der Waals surface area contributed by atoms with Crippen LogP contribution in [-0.4, -0.2) is 14.8 Å². The van der Waals surface area contributed by atoms with E-state index in [1.807, 2.05) is 35.7 Å². The van der Waals surface area contributed by atoms with E-state index >= 15 is 0 Å². The number of fused-ring (bicyclic) bond motifs is 1. The summed E-state index contributed by atoms with van der Waals surface area (Å²) in [7, 11) is 0. The van der Waals surface area contributed by atoms with Gasteiger partial charge in [0.05, 0.1) is 11.4 Å². The maximum absolute atomic E-state index is 13.7. The number of halogens is 3. The molecule has 3 nitrogen and oxygen atoms in total. The fourth-order valence-corrected chi connectivity index (χ4v) is 4.80. The Kier molecular flexibility index (Phi) is 4.61. The van der Waals surface area contributed by atoms with Crippen molar-refractivity contribution in [2.24, 2.45) is 5.41 Å². The van der Waals surface area contributed by atoms with Crippen LogP contribution in [0, 0.1) is 5.41 Å². The number of aromatic nitrogens is 3. The van der Waals surface area contributed by atoms with E-state index in [1.165, 1.54) is 16.0 Å². The van der Waals surface area contributed by atoms with Gasteiger partial charge in [-0.05, 0) is 24.7 Å². The summed E-state index contributed by atoms with van der Waals surface area (Å²) in [5, 5.41) is 6.41. The molecule has 0 radical (unpaired) electrons. The van der Waals surface area contributed by atoms with Gasteiger partial charge < -0.3 is 0 Å². The molecule has 1 aromatic carbocycles. The molecule has 4 rings (SSSR count). The Morgan fingerprint density at radius 3 is 2.46 bits per heavy atom. The smallest absolute Gasteiger partial charge is 0.218 e. The number of hydrogen-bond acceptors (Lipinski definition) is 3. The second kappa shape index (κ2) is 6.72. The molecule has 0 fully saturated rings. The normalized spacial score (nSPS) is 17.6. The third-order valence-electron chi connectivity index (χ3n) is 5.33. The van der Waals surface area contributed by atoms with Crippen molar-refractivity contribution in [2.75, 3.05) is 0 Å². The molecule has 3 aromatic rings. The fourth-order valence-electron chi connectivity index (χ4n) is 4.01. The van der Waals surface area contributed by atoms with Gasteiger partial charge in [0.25, 0.3) is 0 Å². The van der Waals surface area contributed by atoms with Crippen LogP contribution in [0.25, 0.3) is 16.4 Å². The lowest BCUT2D eigenvalue weighted by Crippen LogP contribution is -2.25. The van der Waals surface area contributed by atoms with Crippen LogP contribution >= 0.6 is 11.3 Å². The molecule has 0 spiro atoms. The lowest BCUT2D eigenvalue weighted by Gasteiger charge is -2.34. The second-order valence-corrected chi connectivity index (χ2v) is 9.15. The van der Waals surface area contributed by atoms with E-state index < -0.39 is 11.9 Å². The minimum Gasteiger partial charge on any atom is -0.218 e. The summed E-state index contributed by atoms with van der Waals surface area (Å²) in [6, 6.07) is 9.64. The molecule has 0 saturated heterocycles. The van der Waals surface area contributed by atoms with E-state index in [4.69, 9.17) is 0 Å². The molecule has 1 aliphatic rings. The van der Waals surface area contributed by atoms with Gasteiger partial charge in [-0.1, -0.05) is 51.1 Å². The number of hydrogen-bond donors (Lipinski definition) is 0. The first-order valence-corrected chi connectivity index (χ1v) is 10.2. The van der Waals surface area contributed by atoms with Crippen molar-refractivity contribution < 1.29 is 13.2 Å². The summed E-state index contributed by atoms with van der Waals surface area (Å²) in [5.41, 5.74) is 1.80. The predicted molar refractivity (Wildman–Crippen MR) is 105 cm³/mol. The molecule has 0 bridgehead atoms. The summed E-state index contributed by atoms with van der Waals surface area (Å²) >= 11 is 1.33. The molecule has 0 N–H and O–H groups in total. The molecule has 2 aromatic heterocycles. The van der Waals surface area contributed by atoms with Crippen LogP contribution in [0.2, 0.25) is 0 Å². The number of benzene rings is 1. The van der Waals surface area contributed by atoms with Crippen LogP contribution in [0.1, 0.15) is 56.5 Å². The zero-order valence-electron chi connectivity index (χ0n) is 16.0. The molecule has 7 heteroatoms. The number of alkyl halides is 3. The summed E-state index contributed by atoms with van der Waals surface area (Å²) in [6.45, 7) is 6.23. The molecular formula is C21H22F3N3S. The SMILES string of the molecule is CC(C)(C)[C@@H]1CCCc2c(C(F)(F)F)nn(-c3nc(-c4ccccc4)cs3)c21. The molecule has 28 heavy (non-hydrogen) atoms. The van der Waals surface area contributed by atoms with Crippen molar-refractivity contribution in [2.45, 2.75) is 52.1 Å². The fraction of sp³-hybridized carbons (Fsp3) is 0.429. The monoisotopic (exact) mass is 405 g/mol. The predicted octanol–water partition coefficient (Wildman–Crippen LogP) is 6.48. The van der Waals surface area contributed by atoms with Gasteiger partial charge in [-0.2, -0.15) is 18.3 Å².